The summed E-state index contributed by atoms with van der Waals surface area (Å²) in [4.78, 5) is 15.7. The van der Waals surface area contributed by atoms with E-state index in [0.717, 1.165) is 5.56 Å². The zero-order valence-corrected chi connectivity index (χ0v) is 11.4. The van der Waals surface area contributed by atoms with Gasteiger partial charge in [-0.2, -0.15) is 0 Å². The number of carbonyl (C=O) groups is 1. The molecule has 1 fully saturated rings. The molecule has 1 aliphatic rings. The third-order valence-corrected chi connectivity index (χ3v) is 3.65. The Morgan fingerprint density at radius 2 is 1.84 bits per heavy atom. The van der Waals surface area contributed by atoms with Crippen molar-refractivity contribution in [2.24, 2.45) is 0 Å². The lowest BCUT2D eigenvalue weighted by atomic mass is 10.1. The van der Waals surface area contributed by atoms with Gasteiger partial charge in [-0.05, 0) is 30.5 Å². The number of nitrogens with one attached hydrogen (secondary N) is 2. The Morgan fingerprint density at radius 3 is 2.53 bits per heavy atom. The first-order chi connectivity index (χ1) is 9.34. The van der Waals surface area contributed by atoms with E-state index in [9.17, 15) is 4.79 Å². The molecule has 0 saturated heterocycles. The van der Waals surface area contributed by atoms with Crippen LogP contribution in [0.5, 0.6) is 0 Å². The molecule has 0 aromatic carbocycles. The number of carbonyl (C=O) groups excluding carboxylic acids is 1. The maximum absolute atomic E-state index is 11.8. The summed E-state index contributed by atoms with van der Waals surface area (Å²) < 4.78 is 0. The molecule has 0 bridgehead atoms. The van der Waals surface area contributed by atoms with Crippen LogP contribution >= 0.6 is 0 Å². The van der Waals surface area contributed by atoms with E-state index in [0.29, 0.717) is 19.1 Å². The summed E-state index contributed by atoms with van der Waals surface area (Å²) in [6.07, 6.45) is 11.2. The third-order valence-electron chi connectivity index (χ3n) is 3.65. The smallest absolute Gasteiger partial charge is 0.234 e. The molecule has 0 spiro atoms. The van der Waals surface area contributed by atoms with Crippen molar-refractivity contribution in [3.8, 4) is 0 Å². The molecule has 19 heavy (non-hydrogen) atoms. The molecule has 1 aromatic heterocycles. The highest BCUT2D eigenvalue weighted by molar-refractivity contribution is 5.77. The fraction of sp³-hybridized carbons (Fsp3) is 0.600. The normalized spacial score (nSPS) is 16.8. The minimum absolute atomic E-state index is 0.0704. The molecule has 1 aromatic rings. The largest absolute Gasteiger partial charge is 0.351 e. The maximum Gasteiger partial charge on any atom is 0.234 e. The van der Waals surface area contributed by atoms with Crippen molar-refractivity contribution in [3.05, 3.63) is 30.1 Å². The van der Waals surface area contributed by atoms with Gasteiger partial charge in [0.25, 0.3) is 0 Å². The molecule has 0 aliphatic heterocycles. The second-order valence-corrected chi connectivity index (χ2v) is 5.20. The SMILES string of the molecule is O=C(CNC1CCCCCC1)NCc1ccncc1. The summed E-state index contributed by atoms with van der Waals surface area (Å²) in [6.45, 7) is 1.00. The standard InChI is InChI=1S/C15H23N3O/c19-15(18-11-13-7-9-16-10-8-13)12-17-14-5-3-1-2-4-6-14/h7-10,14,17H,1-6,11-12H2,(H,18,19). The zero-order valence-electron chi connectivity index (χ0n) is 11.4. The lowest BCUT2D eigenvalue weighted by Crippen LogP contribution is -2.38. The van der Waals surface area contributed by atoms with Gasteiger partial charge in [-0.3, -0.25) is 9.78 Å². The summed E-state index contributed by atoms with van der Waals surface area (Å²) in [6, 6.07) is 4.35. The van der Waals surface area contributed by atoms with Crippen molar-refractivity contribution in [2.75, 3.05) is 6.54 Å². The molecule has 0 unspecified atom stereocenters. The number of hydrogen-bond acceptors (Lipinski definition) is 3. The Balaban J connectivity index is 1.64. The van der Waals surface area contributed by atoms with Crippen molar-refractivity contribution in [1.29, 1.82) is 0 Å². The zero-order chi connectivity index (χ0) is 13.3. The van der Waals surface area contributed by atoms with Gasteiger partial charge >= 0.3 is 0 Å². The average molecular weight is 261 g/mol. The molecule has 0 radical (unpaired) electrons. The van der Waals surface area contributed by atoms with E-state index in [-0.39, 0.29) is 5.91 Å². The molecule has 104 valence electrons. The van der Waals surface area contributed by atoms with Crippen LogP contribution in [0.15, 0.2) is 24.5 Å². The third kappa shape index (κ3) is 5.39. The average Bonchev–Trinajstić information content (AvgIpc) is 2.73. The Bertz CT molecular complexity index is 372. The van der Waals surface area contributed by atoms with Gasteiger partial charge in [0, 0.05) is 25.0 Å². The van der Waals surface area contributed by atoms with Crippen LogP contribution in [0.2, 0.25) is 0 Å². The molecule has 2 N–H and O–H groups in total. The summed E-state index contributed by atoms with van der Waals surface area (Å²) >= 11 is 0. The van der Waals surface area contributed by atoms with Gasteiger partial charge < -0.3 is 10.6 Å². The van der Waals surface area contributed by atoms with E-state index >= 15 is 0 Å². The molecule has 1 heterocycles. The van der Waals surface area contributed by atoms with Crippen LogP contribution < -0.4 is 10.6 Å². The molecule has 0 atom stereocenters. The van der Waals surface area contributed by atoms with E-state index in [1.165, 1.54) is 38.5 Å². The molecule has 1 saturated carbocycles. The summed E-state index contributed by atoms with van der Waals surface area (Å²) in [5, 5.41) is 6.30. The van der Waals surface area contributed by atoms with E-state index in [2.05, 4.69) is 15.6 Å². The number of aromatic nitrogens is 1. The molecule has 2 rings (SSSR count). The lowest BCUT2D eigenvalue weighted by molar-refractivity contribution is -0.120. The van der Waals surface area contributed by atoms with Crippen molar-refractivity contribution >= 4 is 5.91 Å². The van der Waals surface area contributed by atoms with Crippen LogP contribution in [0.1, 0.15) is 44.1 Å². The van der Waals surface area contributed by atoms with E-state index < -0.39 is 0 Å². The first-order valence-corrected chi connectivity index (χ1v) is 7.23. The van der Waals surface area contributed by atoms with Gasteiger partial charge in [-0.25, -0.2) is 0 Å². The van der Waals surface area contributed by atoms with Crippen LogP contribution in [0.25, 0.3) is 0 Å². The van der Waals surface area contributed by atoms with E-state index in [1.807, 2.05) is 12.1 Å². The predicted molar refractivity (Wildman–Crippen MR) is 75.6 cm³/mol. The topological polar surface area (TPSA) is 54.0 Å². The molecule has 1 amide bonds. The first-order valence-electron chi connectivity index (χ1n) is 7.23. The fourth-order valence-corrected chi connectivity index (χ4v) is 2.48. The van der Waals surface area contributed by atoms with Gasteiger partial charge in [0.2, 0.25) is 5.91 Å². The van der Waals surface area contributed by atoms with Crippen LogP contribution in [-0.2, 0) is 11.3 Å². The van der Waals surface area contributed by atoms with Crippen LogP contribution in [-0.4, -0.2) is 23.5 Å². The highest BCUT2D eigenvalue weighted by Crippen LogP contribution is 2.16. The number of amides is 1. The maximum atomic E-state index is 11.8. The van der Waals surface area contributed by atoms with Crippen molar-refractivity contribution in [3.63, 3.8) is 0 Å². The minimum atomic E-state index is 0.0704. The van der Waals surface area contributed by atoms with Crippen molar-refractivity contribution in [2.45, 2.75) is 51.1 Å². The Kier molecular flexibility index (Phi) is 5.82. The summed E-state index contributed by atoms with van der Waals surface area (Å²) in [7, 11) is 0. The Labute approximate surface area is 115 Å². The van der Waals surface area contributed by atoms with Crippen molar-refractivity contribution < 1.29 is 4.79 Å². The number of pyridine rings is 1. The highest BCUT2D eigenvalue weighted by Gasteiger charge is 2.12. The van der Waals surface area contributed by atoms with Crippen molar-refractivity contribution in [1.82, 2.24) is 15.6 Å². The van der Waals surface area contributed by atoms with Crippen LogP contribution in [0, 0.1) is 0 Å². The van der Waals surface area contributed by atoms with Crippen LogP contribution in [0.3, 0.4) is 0 Å². The number of nitrogens with zero attached hydrogens (tertiary/aromatic N) is 1. The molecule has 4 heteroatoms. The van der Waals surface area contributed by atoms with Gasteiger partial charge in [0.1, 0.15) is 0 Å². The molecule has 4 nitrogen and oxygen atoms in total. The van der Waals surface area contributed by atoms with Gasteiger partial charge in [0.15, 0.2) is 0 Å². The second-order valence-electron chi connectivity index (χ2n) is 5.20. The number of hydrogen-bond donors (Lipinski definition) is 2. The fourth-order valence-electron chi connectivity index (χ4n) is 2.48. The van der Waals surface area contributed by atoms with Gasteiger partial charge in [-0.15, -0.1) is 0 Å². The van der Waals surface area contributed by atoms with E-state index in [4.69, 9.17) is 0 Å². The van der Waals surface area contributed by atoms with E-state index in [1.54, 1.807) is 12.4 Å². The summed E-state index contributed by atoms with van der Waals surface area (Å²) in [5.41, 5.74) is 1.08. The minimum Gasteiger partial charge on any atom is -0.351 e. The second kappa shape index (κ2) is 7.89. The molecule has 1 aliphatic carbocycles. The first kappa shape index (κ1) is 14.0. The van der Waals surface area contributed by atoms with Crippen LogP contribution in [0.4, 0.5) is 0 Å². The molecular formula is C15H23N3O. The predicted octanol–water partition coefficient (Wildman–Crippen LogP) is 2.01. The van der Waals surface area contributed by atoms with Gasteiger partial charge in [-0.1, -0.05) is 25.7 Å². The molecular weight excluding hydrogens is 238 g/mol. The number of rotatable bonds is 5. The lowest BCUT2D eigenvalue weighted by Gasteiger charge is -2.15. The Morgan fingerprint density at radius 1 is 1.16 bits per heavy atom. The summed E-state index contributed by atoms with van der Waals surface area (Å²) in [5.74, 6) is 0.0704. The van der Waals surface area contributed by atoms with Gasteiger partial charge in [0.05, 0.1) is 6.54 Å². The monoisotopic (exact) mass is 261 g/mol. The Hall–Kier alpha value is -1.42. The quantitative estimate of drug-likeness (QED) is 0.797. The highest BCUT2D eigenvalue weighted by atomic mass is 16.1.